The molecule has 0 aliphatic carbocycles. The molecule has 8 nitrogen and oxygen atoms in total. The van der Waals surface area contributed by atoms with Crippen LogP contribution in [-0.4, -0.2) is 0 Å². The van der Waals surface area contributed by atoms with Crippen molar-refractivity contribution in [2.75, 3.05) is 0 Å². The van der Waals surface area contributed by atoms with Crippen LogP contribution in [0.4, 0.5) is 0 Å². The smallest absolute Gasteiger partial charge is 0.0995 e. The predicted molar refractivity (Wildman–Crippen MR) is 403 cm³/mol. The normalized spacial score (nSPS) is 13.2. The number of benzene rings is 2. The van der Waals surface area contributed by atoms with Gasteiger partial charge in [0.2, 0.25) is 0 Å². The van der Waals surface area contributed by atoms with E-state index < -0.39 is 0 Å². The van der Waals surface area contributed by atoms with Crippen LogP contribution in [0.3, 0.4) is 0 Å². The Morgan fingerprint density at radius 1 is 0.211 bits per heavy atom. The second-order valence-electron chi connectivity index (χ2n) is 22.3. The van der Waals surface area contributed by atoms with E-state index in [0.29, 0.717) is 0 Å². The summed E-state index contributed by atoms with van der Waals surface area (Å²) in [5, 5.41) is 34.5. The lowest BCUT2D eigenvalue weighted by Gasteiger charge is -2.07. The number of hydrogen-bond donors (Lipinski definition) is 4. The molecular formula is C70H48N8S12. The summed E-state index contributed by atoms with van der Waals surface area (Å²) < 4.78 is 4.85. The molecule has 0 fully saturated rings. The van der Waals surface area contributed by atoms with E-state index >= 15 is 0 Å². The molecule has 20 heteroatoms. The molecule has 12 aromatic heterocycles. The number of nitrogens with zero attached hydrogens (tertiary/aromatic N) is 4. The molecule has 0 atom stereocenters. The molecule has 90 heavy (non-hydrogen) atoms. The van der Waals surface area contributed by atoms with Gasteiger partial charge in [0.05, 0.1) is 21.4 Å². The van der Waals surface area contributed by atoms with Gasteiger partial charge in [-0.2, -0.15) is 20.4 Å². The SMILES string of the molecule is Cc1ccc(-c2ccc(-c3cc4/c(=N\N)c5c(C)c6c(c(C)c5c4s3)/c(=N/N)c3cc(-c4ccc(-c5ccc(C)s5)s4)sc36)s2)s1.Cc1ccc(-c2ccc(-c3cc4/c(=N\N)c5cc6c(cc5c4s3)/c(=N/N)c3cc(-c4ccc(-c5ccc(C)s5)s4)sc36)s2)s1. The molecule has 0 aliphatic heterocycles. The Balaban J connectivity index is 0.000000139. The highest BCUT2D eigenvalue weighted by atomic mass is 32.1. The third-order valence-corrected chi connectivity index (χ3v) is 31.4. The molecule has 440 valence electrons. The van der Waals surface area contributed by atoms with Crippen LogP contribution in [0.25, 0.3) is 161 Å². The van der Waals surface area contributed by atoms with E-state index in [1.807, 2.05) is 113 Å². The van der Waals surface area contributed by atoms with Gasteiger partial charge in [0.25, 0.3) is 0 Å². The van der Waals surface area contributed by atoms with Gasteiger partial charge < -0.3 is 23.4 Å². The van der Waals surface area contributed by atoms with Gasteiger partial charge in [-0.15, -0.1) is 136 Å². The second-order valence-corrected chi connectivity index (χ2v) is 36.0. The van der Waals surface area contributed by atoms with Gasteiger partial charge in [-0.05, 0) is 186 Å². The number of aryl methyl sites for hydroxylation is 6. The zero-order chi connectivity index (χ0) is 61.1. The molecule has 0 aliphatic rings. The van der Waals surface area contributed by atoms with E-state index in [4.69, 9.17) is 23.4 Å². The number of nitrogens with two attached hydrogens (primary N) is 4. The van der Waals surface area contributed by atoms with Gasteiger partial charge in [0.15, 0.2) is 0 Å². The van der Waals surface area contributed by atoms with Crippen LogP contribution in [0.5, 0.6) is 0 Å². The summed E-state index contributed by atoms with van der Waals surface area (Å²) in [5.41, 5.74) is 2.37. The highest BCUT2D eigenvalue weighted by Crippen LogP contribution is 2.51. The second kappa shape index (κ2) is 21.7. The Morgan fingerprint density at radius 2 is 0.444 bits per heavy atom. The van der Waals surface area contributed by atoms with Crippen LogP contribution in [0.2, 0.25) is 0 Å². The Kier molecular flexibility index (Phi) is 13.7. The fourth-order valence-corrected chi connectivity index (χ4v) is 25.9. The standard InChI is InChI=1S/C36H26N4S6.C34H22N4S6/c1-15-5-7-21(41-15)23-9-11-25(43-23)27-13-19-33(39-37)29-18(4)32-30(17(3)31(29)35(19)45-27)34(40-38)20-14-28(46-36(20)32)26-12-10-24(44-26)22-8-6-16(2)42-22;1-15-3-5-23(39-15)25-7-9-27(41-25)29-13-21-31(37-35)17-12-20-18(11-19(17)33(21)43-29)32(38-36)22-14-30(44-34(20)22)28-10-8-26(42-28)24-6-4-16(2)40-24/h5-14H,37-38H2,1-4H3;3-14H,35-36H2,1-2H3/b39-33+,40-34+;37-31-,38-32-. The summed E-state index contributed by atoms with van der Waals surface area (Å²) in [6.45, 7) is 13.0. The molecule has 8 N–H and O–H groups in total. The zero-order valence-corrected chi connectivity index (χ0v) is 58.5. The van der Waals surface area contributed by atoms with Crippen LogP contribution in [0.1, 0.15) is 30.6 Å². The first-order valence-corrected chi connectivity index (χ1v) is 38.4. The predicted octanol–water partition coefficient (Wildman–Crippen LogP) is 21.4. The molecule has 18 aromatic rings. The van der Waals surface area contributed by atoms with Crippen molar-refractivity contribution >= 4 is 219 Å². The van der Waals surface area contributed by atoms with Crippen molar-refractivity contribution in [3.8, 4) is 78.0 Å². The first-order valence-electron chi connectivity index (χ1n) is 28.6. The Bertz CT molecular complexity index is 5830. The maximum absolute atomic E-state index is 6.20. The van der Waals surface area contributed by atoms with E-state index in [1.54, 1.807) is 22.7 Å². The van der Waals surface area contributed by atoms with E-state index in [-0.39, 0.29) is 0 Å². The van der Waals surface area contributed by atoms with Gasteiger partial charge in [-0.1, -0.05) is 0 Å². The van der Waals surface area contributed by atoms with Gasteiger partial charge >= 0.3 is 0 Å². The average molecular weight is 1390 g/mol. The van der Waals surface area contributed by atoms with Crippen molar-refractivity contribution in [3.63, 3.8) is 0 Å². The van der Waals surface area contributed by atoms with Crippen LogP contribution in [0.15, 0.2) is 154 Å². The average Bonchev–Trinajstić information content (AvgIpc) is 1.57. The van der Waals surface area contributed by atoms with Gasteiger partial charge in [0, 0.05) is 181 Å². The summed E-state index contributed by atoms with van der Waals surface area (Å²) in [4.78, 5) is 25.8. The van der Waals surface area contributed by atoms with Crippen molar-refractivity contribution in [2.24, 2.45) is 43.8 Å². The van der Waals surface area contributed by atoms with Crippen molar-refractivity contribution in [2.45, 2.75) is 41.5 Å². The summed E-state index contributed by atoms with van der Waals surface area (Å²) in [5.74, 6) is 24.5. The number of thiophene rings is 12. The monoisotopic (exact) mass is 1380 g/mol. The topological polar surface area (TPSA) is 154 Å². The van der Waals surface area contributed by atoms with E-state index in [9.17, 15) is 0 Å². The minimum atomic E-state index is 0.844. The third kappa shape index (κ3) is 8.85. The molecule has 0 spiro atoms. The maximum atomic E-state index is 6.20. The molecular weight excluding hydrogens is 1340 g/mol. The fourth-order valence-electron chi connectivity index (χ4n) is 12.8. The largest absolute Gasteiger partial charge is 0.323 e. The maximum Gasteiger partial charge on any atom is 0.0995 e. The van der Waals surface area contributed by atoms with Crippen LogP contribution in [-0.2, 0) is 0 Å². The lowest BCUT2D eigenvalue weighted by Crippen LogP contribution is -2.07. The zero-order valence-electron chi connectivity index (χ0n) is 48.7. The molecule has 6 aromatic carbocycles. The molecule has 12 heterocycles. The number of fused-ring (bicyclic) bond motifs is 12. The summed E-state index contributed by atoms with van der Waals surface area (Å²) in [7, 11) is 0. The molecule has 0 amide bonds. The minimum absolute atomic E-state index is 0.844. The summed E-state index contributed by atoms with van der Waals surface area (Å²) >= 11 is 22.0. The van der Waals surface area contributed by atoms with Crippen molar-refractivity contribution in [1.29, 1.82) is 0 Å². The first kappa shape index (κ1) is 56.7. The van der Waals surface area contributed by atoms with Gasteiger partial charge in [-0.3, -0.25) is 0 Å². The van der Waals surface area contributed by atoms with E-state index in [0.717, 1.165) is 75.3 Å². The van der Waals surface area contributed by atoms with Crippen molar-refractivity contribution in [1.82, 2.24) is 0 Å². The Morgan fingerprint density at radius 3 is 0.700 bits per heavy atom. The highest BCUT2D eigenvalue weighted by Gasteiger charge is 2.27. The molecule has 0 radical (unpaired) electrons. The molecule has 0 unspecified atom stereocenters. The third-order valence-electron chi connectivity index (χ3n) is 16.9. The van der Waals surface area contributed by atoms with Gasteiger partial charge in [-0.25, -0.2) is 0 Å². The molecule has 18 rings (SSSR count). The van der Waals surface area contributed by atoms with Crippen LogP contribution >= 0.6 is 136 Å². The van der Waals surface area contributed by atoms with Crippen LogP contribution < -0.4 is 44.8 Å². The Hall–Kier alpha value is -7.28. The van der Waals surface area contributed by atoms with Crippen LogP contribution in [0, 0.1) is 41.5 Å². The lowest BCUT2D eigenvalue weighted by atomic mass is 9.98. The number of rotatable bonds is 8. The van der Waals surface area contributed by atoms with Crippen molar-refractivity contribution < 1.29 is 0 Å². The quantitative estimate of drug-likeness (QED) is 0.0884. The van der Waals surface area contributed by atoms with Crippen molar-refractivity contribution in [3.05, 3.63) is 186 Å². The fraction of sp³-hybridized carbons (Fsp3) is 0.0857. The molecule has 0 saturated heterocycles. The molecule has 0 bridgehead atoms. The minimum Gasteiger partial charge on any atom is -0.323 e. The highest BCUT2D eigenvalue weighted by molar-refractivity contribution is 7.31. The number of hydrogen-bond acceptors (Lipinski definition) is 20. The summed E-state index contributed by atoms with van der Waals surface area (Å²) in [6, 6.07) is 49.0. The first-order chi connectivity index (χ1) is 43.8. The Labute approximate surface area is 562 Å². The lowest BCUT2D eigenvalue weighted by molar-refractivity contribution is 1.17. The van der Waals surface area contributed by atoms with E-state index in [2.05, 4.69) is 195 Å². The summed E-state index contributed by atoms with van der Waals surface area (Å²) in [6.07, 6.45) is 0. The van der Waals surface area contributed by atoms with Gasteiger partial charge in [0.1, 0.15) is 0 Å². The van der Waals surface area contributed by atoms with E-state index in [1.165, 1.54) is 138 Å². The molecule has 0 saturated carbocycles.